The van der Waals surface area contributed by atoms with Gasteiger partial charge in [-0.15, -0.1) is 0 Å². The maximum atomic E-state index is 12.5. The van der Waals surface area contributed by atoms with Gasteiger partial charge in [0, 0.05) is 5.69 Å². The van der Waals surface area contributed by atoms with Crippen LogP contribution in [-0.2, 0) is 21.3 Å². The third-order valence-electron chi connectivity index (χ3n) is 4.60. The molecule has 28 heavy (non-hydrogen) atoms. The van der Waals surface area contributed by atoms with E-state index in [0.29, 0.717) is 0 Å². The predicted octanol–water partition coefficient (Wildman–Crippen LogP) is 4.57. The summed E-state index contributed by atoms with van der Waals surface area (Å²) in [7, 11) is -3.42. The summed E-state index contributed by atoms with van der Waals surface area (Å²) >= 11 is 0. The molecule has 1 N–H and O–H groups in total. The second kappa shape index (κ2) is 8.02. The van der Waals surface area contributed by atoms with Crippen LogP contribution in [0.15, 0.2) is 59.0 Å². The fourth-order valence-corrected chi connectivity index (χ4v) is 4.53. The van der Waals surface area contributed by atoms with Gasteiger partial charge in [0.25, 0.3) is 5.91 Å². The third kappa shape index (κ3) is 4.70. The van der Waals surface area contributed by atoms with Gasteiger partial charge >= 0.3 is 0 Å². The first kappa shape index (κ1) is 19.9. The van der Waals surface area contributed by atoms with Gasteiger partial charge in [-0.2, -0.15) is 0 Å². The van der Waals surface area contributed by atoms with Gasteiger partial charge in [-0.3, -0.25) is 4.79 Å². The van der Waals surface area contributed by atoms with E-state index in [2.05, 4.69) is 5.32 Å². The summed E-state index contributed by atoms with van der Waals surface area (Å²) in [5, 5.41) is 2.84. The molecule has 0 fully saturated rings. The zero-order valence-corrected chi connectivity index (χ0v) is 17.0. The highest BCUT2D eigenvalue weighted by Crippen LogP contribution is 2.22. The second-order valence-corrected chi connectivity index (χ2v) is 9.01. The lowest BCUT2D eigenvalue weighted by atomic mass is 10.1. The molecule has 1 amide bonds. The number of benzene rings is 2. The molecule has 1 heterocycles. The molecule has 0 aliphatic carbocycles. The fourth-order valence-electron chi connectivity index (χ4n) is 3.04. The number of rotatable bonds is 6. The highest BCUT2D eigenvalue weighted by molar-refractivity contribution is 7.89. The van der Waals surface area contributed by atoms with Crippen molar-refractivity contribution in [2.24, 2.45) is 0 Å². The number of anilines is 1. The number of hydrogen-bond acceptors (Lipinski definition) is 4. The Bertz CT molecular complexity index is 1090. The van der Waals surface area contributed by atoms with E-state index in [1.165, 1.54) is 12.1 Å². The maximum Gasteiger partial charge on any atom is 0.291 e. The average molecular weight is 397 g/mol. The van der Waals surface area contributed by atoms with Crippen LogP contribution in [0.4, 0.5) is 5.69 Å². The summed E-state index contributed by atoms with van der Waals surface area (Å²) in [5.41, 5.74) is 4.32. The Balaban J connectivity index is 1.71. The molecule has 0 saturated carbocycles. The molecule has 0 aliphatic heterocycles. The van der Waals surface area contributed by atoms with Gasteiger partial charge < -0.3 is 9.73 Å². The van der Waals surface area contributed by atoms with Crippen LogP contribution >= 0.6 is 0 Å². The van der Waals surface area contributed by atoms with Crippen LogP contribution in [0, 0.1) is 20.8 Å². The van der Waals surface area contributed by atoms with E-state index in [0.717, 1.165) is 27.9 Å². The number of carbonyl (C=O) groups excluding carboxylic acids is 1. The predicted molar refractivity (Wildman–Crippen MR) is 110 cm³/mol. The summed E-state index contributed by atoms with van der Waals surface area (Å²) in [6, 6.07) is 16.2. The number of sulfone groups is 1. The molecule has 5 nitrogen and oxygen atoms in total. The van der Waals surface area contributed by atoms with Gasteiger partial charge in [-0.1, -0.05) is 42.5 Å². The van der Waals surface area contributed by atoms with Crippen LogP contribution in [0.3, 0.4) is 0 Å². The van der Waals surface area contributed by atoms with Gasteiger partial charge in [0.2, 0.25) is 0 Å². The van der Waals surface area contributed by atoms with E-state index in [9.17, 15) is 13.2 Å². The van der Waals surface area contributed by atoms with Crippen molar-refractivity contribution >= 4 is 21.4 Å². The van der Waals surface area contributed by atoms with Crippen LogP contribution in [0.2, 0.25) is 0 Å². The van der Waals surface area contributed by atoms with Crippen LogP contribution in [0.5, 0.6) is 0 Å². The Morgan fingerprint density at radius 1 is 0.857 bits per heavy atom. The number of amides is 1. The zero-order chi connectivity index (χ0) is 20.3. The molecule has 0 bridgehead atoms. The van der Waals surface area contributed by atoms with Crippen LogP contribution in [-0.4, -0.2) is 14.3 Å². The van der Waals surface area contributed by atoms with Gasteiger partial charge in [-0.05, 0) is 55.2 Å². The van der Waals surface area contributed by atoms with Gasteiger partial charge in [0.15, 0.2) is 15.6 Å². The number of nitrogens with one attached hydrogen (secondary N) is 1. The van der Waals surface area contributed by atoms with E-state index < -0.39 is 15.7 Å². The molecule has 3 aromatic rings. The van der Waals surface area contributed by atoms with Crippen LogP contribution in [0.1, 0.15) is 38.6 Å². The number of carbonyl (C=O) groups is 1. The highest BCUT2D eigenvalue weighted by atomic mass is 32.2. The lowest BCUT2D eigenvalue weighted by molar-refractivity contribution is 0.0995. The van der Waals surface area contributed by atoms with Crippen molar-refractivity contribution in [2.75, 3.05) is 5.32 Å². The third-order valence-corrected chi connectivity index (χ3v) is 6.08. The molecule has 146 valence electrons. The van der Waals surface area contributed by atoms with Crippen molar-refractivity contribution in [1.82, 2.24) is 0 Å². The first-order valence-corrected chi connectivity index (χ1v) is 10.8. The minimum absolute atomic E-state index is 0.0652. The van der Waals surface area contributed by atoms with Crippen LogP contribution < -0.4 is 5.32 Å². The van der Waals surface area contributed by atoms with Crippen molar-refractivity contribution in [2.45, 2.75) is 32.3 Å². The first-order valence-electron chi connectivity index (χ1n) is 8.96. The highest BCUT2D eigenvalue weighted by Gasteiger charge is 2.19. The fraction of sp³-hybridized carbons (Fsp3) is 0.227. The lowest BCUT2D eigenvalue weighted by Crippen LogP contribution is -2.13. The monoisotopic (exact) mass is 397 g/mol. The molecule has 0 unspecified atom stereocenters. The Hall–Kier alpha value is -2.86. The second-order valence-electron chi connectivity index (χ2n) is 6.95. The van der Waals surface area contributed by atoms with E-state index in [1.54, 1.807) is 6.07 Å². The van der Waals surface area contributed by atoms with E-state index in [1.807, 2.05) is 57.2 Å². The normalized spacial score (nSPS) is 11.4. The molecular formula is C22H23NO4S. The van der Waals surface area contributed by atoms with E-state index >= 15 is 0 Å². The van der Waals surface area contributed by atoms with Crippen molar-refractivity contribution in [3.8, 4) is 0 Å². The quantitative estimate of drug-likeness (QED) is 0.661. The minimum Gasteiger partial charge on any atom is -0.455 e. The first-order chi connectivity index (χ1) is 13.2. The molecule has 0 radical (unpaired) electrons. The number of hydrogen-bond donors (Lipinski definition) is 1. The maximum absolute atomic E-state index is 12.5. The largest absolute Gasteiger partial charge is 0.455 e. The Kier molecular flexibility index (Phi) is 5.70. The zero-order valence-electron chi connectivity index (χ0n) is 16.2. The number of furan rings is 1. The summed E-state index contributed by atoms with van der Waals surface area (Å²) in [6.45, 7) is 5.70. The molecule has 3 rings (SSSR count). The minimum atomic E-state index is -3.42. The van der Waals surface area contributed by atoms with Crippen molar-refractivity contribution < 1.29 is 17.6 Å². The molecule has 2 aromatic carbocycles. The summed E-state index contributed by atoms with van der Waals surface area (Å²) < 4.78 is 30.6. The van der Waals surface area contributed by atoms with Gasteiger partial charge in [0.1, 0.15) is 11.5 Å². The summed E-state index contributed by atoms with van der Waals surface area (Å²) in [5.74, 6) is -0.383. The summed E-state index contributed by atoms with van der Waals surface area (Å²) in [4.78, 5) is 12.5. The van der Waals surface area contributed by atoms with E-state index in [-0.39, 0.29) is 23.0 Å². The number of para-hydroxylation sites is 1. The SMILES string of the molecule is Cc1ccccc1CS(=O)(=O)Cc1ccc(C(=O)Nc2c(C)cccc2C)o1. The molecule has 0 spiro atoms. The Morgan fingerprint density at radius 2 is 1.50 bits per heavy atom. The van der Waals surface area contributed by atoms with Crippen LogP contribution in [0.25, 0.3) is 0 Å². The topological polar surface area (TPSA) is 76.4 Å². The van der Waals surface area contributed by atoms with Gasteiger partial charge in [-0.25, -0.2) is 8.42 Å². The Morgan fingerprint density at radius 3 is 2.18 bits per heavy atom. The molecule has 0 aliphatic rings. The smallest absolute Gasteiger partial charge is 0.291 e. The average Bonchev–Trinajstić information content (AvgIpc) is 3.08. The van der Waals surface area contributed by atoms with Crippen molar-refractivity contribution in [3.05, 3.63) is 88.4 Å². The van der Waals surface area contributed by atoms with Crippen molar-refractivity contribution in [3.63, 3.8) is 0 Å². The summed E-state index contributed by atoms with van der Waals surface area (Å²) in [6.07, 6.45) is 0. The van der Waals surface area contributed by atoms with E-state index in [4.69, 9.17) is 4.42 Å². The Labute approximate surface area is 165 Å². The molecule has 6 heteroatoms. The molecule has 0 atom stereocenters. The molecular weight excluding hydrogens is 374 g/mol. The molecule has 1 aromatic heterocycles. The van der Waals surface area contributed by atoms with Gasteiger partial charge in [0.05, 0.1) is 5.75 Å². The lowest BCUT2D eigenvalue weighted by Gasteiger charge is -2.10. The number of aryl methyl sites for hydroxylation is 3. The van der Waals surface area contributed by atoms with Crippen molar-refractivity contribution in [1.29, 1.82) is 0 Å². The molecule has 0 saturated heterocycles. The standard InChI is InChI=1S/C22H23NO4S/c1-15-7-4-5-10-18(15)13-28(25,26)14-19-11-12-20(27-19)22(24)23-21-16(2)8-6-9-17(21)3/h4-12H,13-14H2,1-3H3,(H,23,24).